The molecule has 2 aromatic carbocycles. The Hall–Kier alpha value is -2.14. The Morgan fingerprint density at radius 3 is 2.85 bits per heavy atom. The Kier molecular flexibility index (Phi) is 3.28. The van der Waals surface area contributed by atoms with Gasteiger partial charge >= 0.3 is 0 Å². The summed E-state index contributed by atoms with van der Waals surface area (Å²) >= 11 is 3.15. The molecule has 0 fully saturated rings. The number of nitrogens with zero attached hydrogens (tertiary/aromatic N) is 1. The van der Waals surface area contributed by atoms with Gasteiger partial charge in [-0.1, -0.05) is 6.07 Å². The van der Waals surface area contributed by atoms with Gasteiger partial charge in [0.15, 0.2) is 0 Å². The summed E-state index contributed by atoms with van der Waals surface area (Å²) in [5, 5.41) is 4.21. The number of nitrogens with one attached hydrogen (secondary N) is 1. The van der Waals surface area contributed by atoms with Gasteiger partial charge in [-0.3, -0.25) is 4.98 Å². The summed E-state index contributed by atoms with van der Waals surface area (Å²) in [6, 6.07) is 12.6. The molecule has 100 valence electrons. The van der Waals surface area contributed by atoms with Gasteiger partial charge in [0, 0.05) is 23.3 Å². The Bertz CT molecular complexity index is 789. The zero-order valence-corrected chi connectivity index (χ0v) is 12.0. The second kappa shape index (κ2) is 5.09. The summed E-state index contributed by atoms with van der Waals surface area (Å²) in [5.41, 5.74) is 8.62. The molecular weight excluding hydrogens is 321 g/mol. The molecule has 0 amide bonds. The minimum atomic E-state index is -0.379. The number of benzene rings is 2. The Balaban J connectivity index is 1.99. The van der Waals surface area contributed by atoms with Crippen molar-refractivity contribution in [2.75, 3.05) is 11.1 Å². The van der Waals surface area contributed by atoms with Gasteiger partial charge in [0.25, 0.3) is 0 Å². The highest BCUT2D eigenvalue weighted by Crippen LogP contribution is 2.30. The van der Waals surface area contributed by atoms with E-state index in [1.54, 1.807) is 12.3 Å². The molecule has 20 heavy (non-hydrogen) atoms. The van der Waals surface area contributed by atoms with Crippen LogP contribution in [0, 0.1) is 5.82 Å². The third-order valence-corrected chi connectivity index (χ3v) is 3.58. The van der Waals surface area contributed by atoms with Crippen LogP contribution in [0.5, 0.6) is 0 Å². The summed E-state index contributed by atoms with van der Waals surface area (Å²) in [5.74, 6) is -0.379. The van der Waals surface area contributed by atoms with Crippen LogP contribution in [0.1, 0.15) is 0 Å². The van der Waals surface area contributed by atoms with Crippen LogP contribution in [0.25, 0.3) is 10.9 Å². The van der Waals surface area contributed by atoms with Crippen molar-refractivity contribution < 1.29 is 4.39 Å². The number of hydrogen-bond donors (Lipinski definition) is 2. The molecule has 5 heteroatoms. The third kappa shape index (κ3) is 2.44. The first-order valence-electron chi connectivity index (χ1n) is 6.00. The number of fused-ring (bicyclic) bond motifs is 1. The first-order chi connectivity index (χ1) is 9.63. The largest absolute Gasteiger partial charge is 0.397 e. The van der Waals surface area contributed by atoms with E-state index in [0.29, 0.717) is 15.8 Å². The second-order valence-corrected chi connectivity index (χ2v) is 5.24. The van der Waals surface area contributed by atoms with Crippen molar-refractivity contribution in [3.05, 3.63) is 59.0 Å². The number of anilines is 3. The van der Waals surface area contributed by atoms with Gasteiger partial charge in [-0.25, -0.2) is 4.39 Å². The van der Waals surface area contributed by atoms with E-state index >= 15 is 0 Å². The fraction of sp³-hybridized carbons (Fsp3) is 0. The number of pyridine rings is 1. The van der Waals surface area contributed by atoms with Crippen molar-refractivity contribution in [2.24, 2.45) is 0 Å². The molecule has 0 aliphatic heterocycles. The van der Waals surface area contributed by atoms with Gasteiger partial charge in [-0.15, -0.1) is 0 Å². The monoisotopic (exact) mass is 331 g/mol. The van der Waals surface area contributed by atoms with Crippen LogP contribution in [-0.4, -0.2) is 4.98 Å². The summed E-state index contributed by atoms with van der Waals surface area (Å²) in [6.45, 7) is 0. The van der Waals surface area contributed by atoms with Gasteiger partial charge in [-0.05, 0) is 46.3 Å². The molecule has 0 saturated carbocycles. The molecule has 3 nitrogen and oxygen atoms in total. The Morgan fingerprint density at radius 2 is 2.00 bits per heavy atom. The lowest BCUT2D eigenvalue weighted by atomic mass is 10.2. The highest BCUT2D eigenvalue weighted by atomic mass is 79.9. The molecule has 0 spiro atoms. The van der Waals surface area contributed by atoms with Gasteiger partial charge in [0.2, 0.25) is 0 Å². The standard InChI is InChI=1S/C15H11BrFN3/c16-11-7-15(13(18)8-12(11)17)20-10-3-4-14-9(6-10)2-1-5-19-14/h1-8,20H,18H2. The summed E-state index contributed by atoms with van der Waals surface area (Å²) in [7, 11) is 0. The molecular formula is C15H11BrFN3. The van der Waals surface area contributed by atoms with E-state index in [9.17, 15) is 4.39 Å². The van der Waals surface area contributed by atoms with Gasteiger partial charge in [0.1, 0.15) is 5.82 Å². The van der Waals surface area contributed by atoms with Crippen LogP contribution in [0.3, 0.4) is 0 Å². The molecule has 0 unspecified atom stereocenters. The van der Waals surface area contributed by atoms with Crippen LogP contribution in [0.4, 0.5) is 21.5 Å². The highest BCUT2D eigenvalue weighted by Gasteiger charge is 2.06. The van der Waals surface area contributed by atoms with Crippen molar-refractivity contribution in [3.63, 3.8) is 0 Å². The van der Waals surface area contributed by atoms with Crippen molar-refractivity contribution in [2.45, 2.75) is 0 Å². The molecule has 0 radical (unpaired) electrons. The molecule has 0 bridgehead atoms. The summed E-state index contributed by atoms with van der Waals surface area (Å²) < 4.78 is 13.7. The van der Waals surface area contributed by atoms with Crippen LogP contribution in [-0.2, 0) is 0 Å². The normalized spacial score (nSPS) is 10.7. The van der Waals surface area contributed by atoms with Gasteiger partial charge in [0.05, 0.1) is 21.4 Å². The minimum Gasteiger partial charge on any atom is -0.397 e. The van der Waals surface area contributed by atoms with E-state index in [1.165, 1.54) is 6.07 Å². The highest BCUT2D eigenvalue weighted by molar-refractivity contribution is 9.10. The molecule has 0 saturated heterocycles. The van der Waals surface area contributed by atoms with Crippen molar-refractivity contribution in [3.8, 4) is 0 Å². The van der Waals surface area contributed by atoms with E-state index in [2.05, 4.69) is 26.2 Å². The molecule has 0 aliphatic carbocycles. The zero-order valence-electron chi connectivity index (χ0n) is 10.4. The lowest BCUT2D eigenvalue weighted by Gasteiger charge is -2.11. The summed E-state index contributed by atoms with van der Waals surface area (Å²) in [6.07, 6.45) is 1.75. The molecule has 1 aromatic heterocycles. The SMILES string of the molecule is Nc1cc(F)c(Br)cc1Nc1ccc2ncccc2c1. The lowest BCUT2D eigenvalue weighted by Crippen LogP contribution is -1.97. The average molecular weight is 332 g/mol. The predicted molar refractivity (Wildman–Crippen MR) is 83.5 cm³/mol. The number of rotatable bonds is 2. The molecule has 3 rings (SSSR count). The van der Waals surface area contributed by atoms with Crippen LogP contribution >= 0.6 is 15.9 Å². The minimum absolute atomic E-state index is 0.358. The fourth-order valence-corrected chi connectivity index (χ4v) is 2.32. The maximum Gasteiger partial charge on any atom is 0.139 e. The zero-order chi connectivity index (χ0) is 14.1. The van der Waals surface area contributed by atoms with E-state index in [1.807, 2.05) is 30.3 Å². The van der Waals surface area contributed by atoms with Crippen LogP contribution < -0.4 is 11.1 Å². The maximum absolute atomic E-state index is 13.3. The van der Waals surface area contributed by atoms with Crippen molar-refractivity contribution in [1.82, 2.24) is 4.98 Å². The summed E-state index contributed by atoms with van der Waals surface area (Å²) in [4.78, 5) is 4.26. The first-order valence-corrected chi connectivity index (χ1v) is 6.79. The smallest absolute Gasteiger partial charge is 0.139 e. The Morgan fingerprint density at radius 1 is 1.15 bits per heavy atom. The molecule has 3 aromatic rings. The van der Waals surface area contributed by atoms with Crippen LogP contribution in [0.2, 0.25) is 0 Å². The quantitative estimate of drug-likeness (QED) is 0.681. The molecule has 0 atom stereocenters. The fourth-order valence-electron chi connectivity index (χ4n) is 1.98. The number of aromatic nitrogens is 1. The second-order valence-electron chi connectivity index (χ2n) is 4.39. The van der Waals surface area contributed by atoms with Gasteiger partial charge < -0.3 is 11.1 Å². The van der Waals surface area contributed by atoms with E-state index in [0.717, 1.165) is 16.6 Å². The number of nitrogen functional groups attached to an aromatic ring is 1. The van der Waals surface area contributed by atoms with E-state index in [-0.39, 0.29) is 5.82 Å². The van der Waals surface area contributed by atoms with Crippen molar-refractivity contribution >= 4 is 43.9 Å². The number of halogens is 2. The van der Waals surface area contributed by atoms with E-state index in [4.69, 9.17) is 5.73 Å². The molecule has 1 heterocycles. The number of hydrogen-bond acceptors (Lipinski definition) is 3. The van der Waals surface area contributed by atoms with Gasteiger partial charge in [-0.2, -0.15) is 0 Å². The van der Waals surface area contributed by atoms with Crippen molar-refractivity contribution in [1.29, 1.82) is 0 Å². The topological polar surface area (TPSA) is 50.9 Å². The number of nitrogens with two attached hydrogens (primary N) is 1. The molecule has 0 aliphatic rings. The molecule has 3 N–H and O–H groups in total. The Labute approximate surface area is 123 Å². The average Bonchev–Trinajstić information content (AvgIpc) is 2.44. The third-order valence-electron chi connectivity index (χ3n) is 2.97. The van der Waals surface area contributed by atoms with E-state index < -0.39 is 0 Å². The first kappa shape index (κ1) is 12.9. The van der Waals surface area contributed by atoms with Crippen LogP contribution in [0.15, 0.2) is 53.1 Å². The lowest BCUT2D eigenvalue weighted by molar-refractivity contribution is 0.622. The predicted octanol–water partition coefficient (Wildman–Crippen LogP) is 4.46. The maximum atomic E-state index is 13.3.